The van der Waals surface area contributed by atoms with E-state index in [1.165, 1.54) is 5.57 Å². The Bertz CT molecular complexity index is 839. The summed E-state index contributed by atoms with van der Waals surface area (Å²) in [6.45, 7) is 3.70. The first-order valence-electron chi connectivity index (χ1n) is 7.86. The van der Waals surface area contributed by atoms with Gasteiger partial charge in [-0.05, 0) is 54.2 Å². The van der Waals surface area contributed by atoms with Crippen LogP contribution in [0.2, 0.25) is 0 Å². The van der Waals surface area contributed by atoms with Crippen LogP contribution in [0.5, 0.6) is 0 Å². The van der Waals surface area contributed by atoms with Crippen molar-refractivity contribution in [2.24, 2.45) is 11.7 Å². The minimum Gasteiger partial charge on any atom is -0.399 e. The van der Waals surface area contributed by atoms with Gasteiger partial charge in [0.15, 0.2) is 5.78 Å². The third-order valence-electron chi connectivity index (χ3n) is 4.03. The van der Waals surface area contributed by atoms with Gasteiger partial charge < -0.3 is 10.7 Å². The molecule has 0 aliphatic heterocycles. The Kier molecular flexibility index (Phi) is 4.15. The Labute approximate surface area is 135 Å². The van der Waals surface area contributed by atoms with Crippen LogP contribution < -0.4 is 5.73 Å². The predicted octanol–water partition coefficient (Wildman–Crippen LogP) is 3.67. The van der Waals surface area contributed by atoms with E-state index in [9.17, 15) is 4.79 Å². The zero-order valence-electron chi connectivity index (χ0n) is 13.5. The Morgan fingerprint density at radius 1 is 1.35 bits per heavy atom. The van der Waals surface area contributed by atoms with Crippen molar-refractivity contribution in [1.82, 2.24) is 9.97 Å². The second kappa shape index (κ2) is 6.24. The van der Waals surface area contributed by atoms with Gasteiger partial charge in [0.05, 0.1) is 5.69 Å². The van der Waals surface area contributed by atoms with Gasteiger partial charge in [0.2, 0.25) is 0 Å². The van der Waals surface area contributed by atoms with Crippen LogP contribution in [0.25, 0.3) is 11.0 Å². The minimum atomic E-state index is 0.0234. The number of allylic oxidation sites excluding steroid dienone is 5. The van der Waals surface area contributed by atoms with Crippen LogP contribution in [-0.2, 0) is 6.42 Å². The molecule has 0 spiro atoms. The molecule has 2 aromatic rings. The molecule has 1 aliphatic rings. The van der Waals surface area contributed by atoms with Crippen LogP contribution in [0.4, 0.5) is 0 Å². The van der Waals surface area contributed by atoms with Gasteiger partial charge in [-0.2, -0.15) is 0 Å². The van der Waals surface area contributed by atoms with Gasteiger partial charge in [0.25, 0.3) is 0 Å². The van der Waals surface area contributed by atoms with Crippen molar-refractivity contribution in [3.8, 4) is 0 Å². The van der Waals surface area contributed by atoms with E-state index in [1.54, 1.807) is 6.92 Å². The minimum absolute atomic E-state index is 0.0234. The fraction of sp³-hybridized carbons (Fsp3) is 0.263. The van der Waals surface area contributed by atoms with E-state index in [0.717, 1.165) is 35.1 Å². The zero-order valence-corrected chi connectivity index (χ0v) is 13.5. The van der Waals surface area contributed by atoms with Gasteiger partial charge in [0, 0.05) is 24.2 Å². The number of fused-ring (bicyclic) bond motifs is 1. The van der Waals surface area contributed by atoms with Crippen molar-refractivity contribution >= 4 is 16.8 Å². The maximum atomic E-state index is 11.4. The van der Waals surface area contributed by atoms with E-state index >= 15 is 0 Å². The topological polar surface area (TPSA) is 71.8 Å². The first-order chi connectivity index (χ1) is 11.0. The Balaban J connectivity index is 1.77. The molecule has 23 heavy (non-hydrogen) atoms. The molecule has 4 nitrogen and oxygen atoms in total. The molecule has 2 heterocycles. The highest BCUT2D eigenvalue weighted by molar-refractivity contribution is 5.97. The molecule has 0 saturated heterocycles. The number of aromatic amines is 1. The van der Waals surface area contributed by atoms with Crippen molar-refractivity contribution in [2.75, 3.05) is 0 Å². The summed E-state index contributed by atoms with van der Waals surface area (Å²) < 4.78 is 0. The summed E-state index contributed by atoms with van der Waals surface area (Å²) in [5.74, 6) is 0.418. The number of ketones is 1. The third kappa shape index (κ3) is 3.59. The van der Waals surface area contributed by atoms with E-state index in [-0.39, 0.29) is 5.78 Å². The number of aryl methyl sites for hydroxylation is 1. The lowest BCUT2D eigenvalue weighted by atomic mass is 10.0. The molecule has 3 N–H and O–H groups in total. The third-order valence-corrected chi connectivity index (χ3v) is 4.03. The Hall–Kier alpha value is -2.62. The van der Waals surface area contributed by atoms with Gasteiger partial charge in [-0.3, -0.25) is 4.79 Å². The molecule has 3 rings (SSSR count). The molecule has 0 amide bonds. The molecule has 0 fully saturated rings. The average molecular weight is 307 g/mol. The summed E-state index contributed by atoms with van der Waals surface area (Å²) in [5, 5.41) is 0.979. The SMILES string of the molecule is CC(=O)c1cc2cc(CCC3=CC(C)C=CC(N)=C3)cnc2[nH]1. The lowest BCUT2D eigenvalue weighted by molar-refractivity contribution is 0.101. The van der Waals surface area contributed by atoms with Crippen molar-refractivity contribution in [3.63, 3.8) is 0 Å². The molecular weight excluding hydrogens is 286 g/mol. The Morgan fingerprint density at radius 2 is 2.17 bits per heavy atom. The lowest BCUT2D eigenvalue weighted by Gasteiger charge is -2.05. The van der Waals surface area contributed by atoms with E-state index < -0.39 is 0 Å². The fourth-order valence-electron chi connectivity index (χ4n) is 2.80. The maximum Gasteiger partial charge on any atom is 0.176 e. The number of nitrogens with two attached hydrogens (primary N) is 1. The van der Waals surface area contributed by atoms with Crippen LogP contribution in [0, 0.1) is 5.92 Å². The molecule has 1 atom stereocenters. The average Bonchev–Trinajstić information content (AvgIpc) is 2.86. The molecule has 118 valence electrons. The number of Topliss-reactive ketones (excluding diaryl/α,β-unsaturated/α-hetero) is 1. The molecule has 0 aromatic carbocycles. The van der Waals surface area contributed by atoms with Gasteiger partial charge in [-0.25, -0.2) is 4.98 Å². The van der Waals surface area contributed by atoms with E-state index in [0.29, 0.717) is 11.6 Å². The summed E-state index contributed by atoms with van der Waals surface area (Å²) in [6, 6.07) is 3.96. The first-order valence-corrected chi connectivity index (χ1v) is 7.86. The smallest absolute Gasteiger partial charge is 0.176 e. The number of carbonyl (C=O) groups is 1. The highest BCUT2D eigenvalue weighted by atomic mass is 16.1. The van der Waals surface area contributed by atoms with Crippen molar-refractivity contribution < 1.29 is 4.79 Å². The van der Waals surface area contributed by atoms with Crippen molar-refractivity contribution in [3.05, 3.63) is 65.2 Å². The number of hydrogen-bond donors (Lipinski definition) is 2. The van der Waals surface area contributed by atoms with E-state index in [1.807, 2.05) is 24.4 Å². The highest BCUT2D eigenvalue weighted by Crippen LogP contribution is 2.20. The second-order valence-electron chi connectivity index (χ2n) is 6.12. The number of aromatic nitrogens is 2. The van der Waals surface area contributed by atoms with Crippen molar-refractivity contribution in [2.45, 2.75) is 26.7 Å². The summed E-state index contributed by atoms with van der Waals surface area (Å²) in [7, 11) is 0. The normalized spacial score (nSPS) is 17.7. The lowest BCUT2D eigenvalue weighted by Crippen LogP contribution is -1.94. The highest BCUT2D eigenvalue weighted by Gasteiger charge is 2.08. The molecule has 1 unspecified atom stereocenters. The second-order valence-corrected chi connectivity index (χ2v) is 6.12. The predicted molar refractivity (Wildman–Crippen MR) is 93.1 cm³/mol. The number of H-pyrrole nitrogens is 1. The maximum absolute atomic E-state index is 11.4. The summed E-state index contributed by atoms with van der Waals surface area (Å²) >= 11 is 0. The molecule has 0 radical (unpaired) electrons. The number of nitrogens with one attached hydrogen (secondary N) is 1. The number of nitrogens with zero attached hydrogens (tertiary/aromatic N) is 1. The van der Waals surface area contributed by atoms with Crippen LogP contribution in [0.15, 0.2) is 53.9 Å². The first kappa shape index (κ1) is 15.3. The molecule has 2 aromatic heterocycles. The molecule has 1 aliphatic carbocycles. The molecular formula is C19H21N3O. The Morgan fingerprint density at radius 3 is 2.96 bits per heavy atom. The monoisotopic (exact) mass is 307 g/mol. The quantitative estimate of drug-likeness (QED) is 0.846. The number of pyridine rings is 1. The van der Waals surface area contributed by atoms with E-state index in [2.05, 4.69) is 35.1 Å². The summed E-state index contributed by atoms with van der Waals surface area (Å²) in [4.78, 5) is 18.9. The number of rotatable bonds is 4. The number of carbonyl (C=O) groups excluding carboxylic acids is 1. The van der Waals surface area contributed by atoms with Crippen LogP contribution in [-0.4, -0.2) is 15.8 Å². The largest absolute Gasteiger partial charge is 0.399 e. The molecule has 0 bridgehead atoms. The van der Waals surface area contributed by atoms with Gasteiger partial charge in [-0.15, -0.1) is 0 Å². The standard InChI is InChI=1S/C19H21N3O/c1-12-3-6-17(20)9-14(7-12)4-5-15-8-16-10-18(13(2)23)22-19(16)21-11-15/h3,6-12H,4-5,20H2,1-2H3,(H,21,22). The van der Waals surface area contributed by atoms with Gasteiger partial charge in [0.1, 0.15) is 5.65 Å². The zero-order chi connectivity index (χ0) is 16.4. The van der Waals surface area contributed by atoms with Crippen LogP contribution in [0.1, 0.15) is 36.3 Å². The van der Waals surface area contributed by atoms with E-state index in [4.69, 9.17) is 5.73 Å². The molecule has 0 saturated carbocycles. The fourth-order valence-corrected chi connectivity index (χ4v) is 2.80. The number of hydrogen-bond acceptors (Lipinski definition) is 3. The molecule has 4 heteroatoms. The van der Waals surface area contributed by atoms with Crippen molar-refractivity contribution in [1.29, 1.82) is 0 Å². The van der Waals surface area contributed by atoms with Crippen LogP contribution >= 0.6 is 0 Å². The van der Waals surface area contributed by atoms with Gasteiger partial charge in [-0.1, -0.05) is 19.1 Å². The summed E-state index contributed by atoms with van der Waals surface area (Å²) in [5.41, 5.74) is 10.5. The van der Waals surface area contributed by atoms with Crippen LogP contribution in [0.3, 0.4) is 0 Å². The summed E-state index contributed by atoms with van der Waals surface area (Å²) in [6.07, 6.45) is 12.0. The van der Waals surface area contributed by atoms with Gasteiger partial charge >= 0.3 is 0 Å².